The van der Waals surface area contributed by atoms with Crippen LogP contribution in [0.2, 0.25) is 5.02 Å². The highest BCUT2D eigenvalue weighted by Gasteiger charge is 2.15. The standard InChI is InChI=1S/C12H19ClS/c1-12(2,3)9-6-7-11(14(4)5)10(13)8-9/h6-8,14H,1-5H3. The molecule has 0 nitrogen and oxygen atoms in total. The van der Waals surface area contributed by atoms with Crippen LogP contribution in [0.15, 0.2) is 23.1 Å². The maximum atomic E-state index is 6.25. The quantitative estimate of drug-likeness (QED) is 0.685. The zero-order chi connectivity index (χ0) is 10.9. The van der Waals surface area contributed by atoms with E-state index >= 15 is 0 Å². The zero-order valence-corrected chi connectivity index (χ0v) is 11.2. The first-order valence-electron chi connectivity index (χ1n) is 4.80. The lowest BCUT2D eigenvalue weighted by Crippen LogP contribution is -2.10. The fraction of sp³-hybridized carbons (Fsp3) is 0.500. The third-order valence-electron chi connectivity index (χ3n) is 2.30. The van der Waals surface area contributed by atoms with E-state index in [4.69, 9.17) is 11.6 Å². The van der Waals surface area contributed by atoms with Crippen LogP contribution in [0.3, 0.4) is 0 Å². The van der Waals surface area contributed by atoms with Gasteiger partial charge in [0, 0.05) is 4.90 Å². The zero-order valence-electron chi connectivity index (χ0n) is 9.56. The molecule has 0 aliphatic rings. The minimum absolute atomic E-state index is 0.0966. The van der Waals surface area contributed by atoms with Gasteiger partial charge >= 0.3 is 0 Å². The Hall–Kier alpha value is -0.140. The second kappa shape index (κ2) is 4.16. The van der Waals surface area contributed by atoms with E-state index < -0.39 is 0 Å². The van der Waals surface area contributed by atoms with Crippen LogP contribution >= 0.6 is 22.5 Å². The molecule has 2 heteroatoms. The third kappa shape index (κ3) is 2.68. The van der Waals surface area contributed by atoms with Crippen molar-refractivity contribution >= 4 is 22.5 Å². The molecule has 1 rings (SSSR count). The summed E-state index contributed by atoms with van der Waals surface area (Å²) in [5, 5.41) is 0.925. The van der Waals surface area contributed by atoms with Gasteiger partial charge in [-0.15, -0.1) is 0 Å². The maximum absolute atomic E-state index is 6.25. The lowest BCUT2D eigenvalue weighted by Gasteiger charge is -2.21. The smallest absolute Gasteiger partial charge is 0.0527 e. The summed E-state index contributed by atoms with van der Waals surface area (Å²) in [4.78, 5) is 1.30. The van der Waals surface area contributed by atoms with Gasteiger partial charge < -0.3 is 0 Å². The molecule has 0 saturated carbocycles. The number of hydrogen-bond donors (Lipinski definition) is 1. The Kier molecular flexibility index (Phi) is 3.54. The Bertz CT molecular complexity index is 324. The molecule has 0 atom stereocenters. The van der Waals surface area contributed by atoms with Gasteiger partial charge in [-0.25, -0.2) is 10.9 Å². The number of hydrogen-bond acceptors (Lipinski definition) is 0. The van der Waals surface area contributed by atoms with Gasteiger partial charge in [-0.3, -0.25) is 0 Å². The number of benzene rings is 1. The van der Waals surface area contributed by atoms with Crippen LogP contribution in [-0.4, -0.2) is 12.5 Å². The Morgan fingerprint density at radius 3 is 2.07 bits per heavy atom. The number of thiol groups is 1. The normalized spacial score (nSPS) is 12.9. The van der Waals surface area contributed by atoms with Crippen LogP contribution in [0, 0.1) is 0 Å². The molecule has 0 aliphatic carbocycles. The van der Waals surface area contributed by atoms with Crippen LogP contribution in [0.25, 0.3) is 0 Å². The first-order valence-corrected chi connectivity index (χ1v) is 7.41. The number of rotatable bonds is 1. The molecule has 0 saturated heterocycles. The van der Waals surface area contributed by atoms with Gasteiger partial charge in [0.25, 0.3) is 0 Å². The predicted octanol–water partition coefficient (Wildman–Crippen LogP) is 4.26. The molecule has 14 heavy (non-hydrogen) atoms. The van der Waals surface area contributed by atoms with E-state index in [1.807, 2.05) is 0 Å². The van der Waals surface area contributed by atoms with Crippen molar-refractivity contribution in [2.24, 2.45) is 0 Å². The fourth-order valence-corrected chi connectivity index (χ4v) is 2.89. The highest BCUT2D eigenvalue weighted by atomic mass is 35.5. The van der Waals surface area contributed by atoms with Crippen LogP contribution in [0.1, 0.15) is 26.3 Å². The first kappa shape index (κ1) is 11.9. The molecule has 0 radical (unpaired) electrons. The van der Waals surface area contributed by atoms with Gasteiger partial charge in [0.2, 0.25) is 0 Å². The molecular weight excluding hydrogens is 212 g/mol. The summed E-state index contributed by atoms with van der Waals surface area (Å²) in [6.07, 6.45) is 4.46. The van der Waals surface area contributed by atoms with Crippen molar-refractivity contribution in [1.29, 1.82) is 0 Å². The van der Waals surface area contributed by atoms with Crippen LogP contribution in [-0.2, 0) is 5.41 Å². The van der Waals surface area contributed by atoms with Crippen molar-refractivity contribution in [2.75, 3.05) is 12.5 Å². The van der Waals surface area contributed by atoms with Crippen molar-refractivity contribution in [3.8, 4) is 0 Å². The SMILES string of the molecule is C[SH](C)c1ccc(C(C)(C)C)cc1Cl. The van der Waals surface area contributed by atoms with E-state index in [1.165, 1.54) is 10.5 Å². The first-order chi connectivity index (χ1) is 6.32. The predicted molar refractivity (Wildman–Crippen MR) is 69.3 cm³/mol. The van der Waals surface area contributed by atoms with E-state index in [2.05, 4.69) is 51.5 Å². The van der Waals surface area contributed by atoms with E-state index in [9.17, 15) is 0 Å². The topological polar surface area (TPSA) is 0 Å². The molecule has 0 N–H and O–H groups in total. The molecule has 0 heterocycles. The Balaban J connectivity index is 3.13. The van der Waals surface area contributed by atoms with Gasteiger partial charge in [-0.05, 0) is 35.6 Å². The average molecular weight is 231 g/mol. The molecule has 0 bridgehead atoms. The molecule has 0 aliphatic heterocycles. The minimum Gasteiger partial charge on any atom is -0.231 e. The van der Waals surface area contributed by atoms with Crippen molar-refractivity contribution in [2.45, 2.75) is 31.1 Å². The fourth-order valence-electron chi connectivity index (χ4n) is 1.34. The summed E-state index contributed by atoms with van der Waals surface area (Å²) < 4.78 is 0. The molecule has 0 fully saturated rings. The second-order valence-corrected chi connectivity index (χ2v) is 7.49. The highest BCUT2D eigenvalue weighted by Crippen LogP contribution is 2.37. The van der Waals surface area contributed by atoms with Crippen LogP contribution in [0.5, 0.6) is 0 Å². The molecule has 80 valence electrons. The Labute approximate surface area is 95.0 Å². The molecule has 0 aromatic heterocycles. The van der Waals surface area contributed by atoms with Crippen molar-refractivity contribution in [3.63, 3.8) is 0 Å². The minimum atomic E-state index is -0.0966. The highest BCUT2D eigenvalue weighted by molar-refractivity contribution is 8.16. The molecular formula is C12H19ClS. The van der Waals surface area contributed by atoms with Crippen molar-refractivity contribution in [1.82, 2.24) is 0 Å². The molecule has 0 spiro atoms. The summed E-state index contributed by atoms with van der Waals surface area (Å²) in [5.74, 6) is 0. The number of halogens is 1. The van der Waals surface area contributed by atoms with Crippen molar-refractivity contribution < 1.29 is 0 Å². The van der Waals surface area contributed by atoms with Crippen LogP contribution in [0.4, 0.5) is 0 Å². The second-order valence-electron chi connectivity index (χ2n) is 4.81. The lowest BCUT2D eigenvalue weighted by atomic mass is 9.87. The van der Waals surface area contributed by atoms with Crippen molar-refractivity contribution in [3.05, 3.63) is 28.8 Å². The van der Waals surface area contributed by atoms with Gasteiger partial charge in [0.1, 0.15) is 0 Å². The van der Waals surface area contributed by atoms with E-state index in [0.29, 0.717) is 0 Å². The van der Waals surface area contributed by atoms with E-state index in [-0.39, 0.29) is 16.3 Å². The monoisotopic (exact) mass is 230 g/mol. The average Bonchev–Trinajstić information content (AvgIpc) is 2.01. The summed E-state index contributed by atoms with van der Waals surface area (Å²) in [7, 11) is -0.0966. The van der Waals surface area contributed by atoms with Gasteiger partial charge in [0.15, 0.2) is 0 Å². The summed E-state index contributed by atoms with van der Waals surface area (Å²) in [6.45, 7) is 6.62. The van der Waals surface area contributed by atoms with Gasteiger partial charge in [0.05, 0.1) is 5.02 Å². The van der Waals surface area contributed by atoms with Gasteiger partial charge in [-0.2, -0.15) is 0 Å². The Morgan fingerprint density at radius 2 is 1.71 bits per heavy atom. The third-order valence-corrected chi connectivity index (χ3v) is 4.09. The van der Waals surface area contributed by atoms with Crippen LogP contribution < -0.4 is 0 Å². The van der Waals surface area contributed by atoms with Gasteiger partial charge in [-0.1, -0.05) is 38.4 Å². The Morgan fingerprint density at radius 1 is 1.14 bits per heavy atom. The molecule has 1 aromatic rings. The largest absolute Gasteiger partial charge is 0.231 e. The maximum Gasteiger partial charge on any atom is 0.0527 e. The lowest BCUT2D eigenvalue weighted by molar-refractivity contribution is 0.590. The summed E-state index contributed by atoms with van der Waals surface area (Å²) in [6, 6.07) is 6.48. The van der Waals surface area contributed by atoms with E-state index in [1.54, 1.807) is 0 Å². The summed E-state index contributed by atoms with van der Waals surface area (Å²) in [5.41, 5.74) is 1.50. The molecule has 0 unspecified atom stereocenters. The molecule has 0 amide bonds. The summed E-state index contributed by atoms with van der Waals surface area (Å²) >= 11 is 6.25. The van der Waals surface area contributed by atoms with E-state index in [0.717, 1.165) is 5.02 Å². The molecule has 1 aromatic carbocycles.